The van der Waals surface area contributed by atoms with Gasteiger partial charge in [0.05, 0.1) is 24.3 Å². The van der Waals surface area contributed by atoms with Gasteiger partial charge in [0.1, 0.15) is 17.4 Å². The van der Waals surface area contributed by atoms with Gasteiger partial charge in [-0.15, -0.1) is 0 Å². The van der Waals surface area contributed by atoms with Crippen LogP contribution in [0.1, 0.15) is 38.7 Å². The van der Waals surface area contributed by atoms with E-state index in [0.29, 0.717) is 27.8 Å². The molecule has 1 aromatic rings. The van der Waals surface area contributed by atoms with E-state index >= 15 is 0 Å². The maximum Gasteiger partial charge on any atom is 0.410 e. The van der Waals surface area contributed by atoms with E-state index in [1.165, 1.54) is 26.2 Å². The molecule has 0 saturated carbocycles. The third-order valence-electron chi connectivity index (χ3n) is 4.52. The highest BCUT2D eigenvalue weighted by molar-refractivity contribution is 6.42. The zero-order chi connectivity index (χ0) is 21.2. The van der Waals surface area contributed by atoms with Crippen LogP contribution in [0.5, 0.6) is 5.75 Å². The molecular formula is C19H26Cl2N2O5. The van der Waals surface area contributed by atoms with Gasteiger partial charge >= 0.3 is 6.09 Å². The van der Waals surface area contributed by atoms with Gasteiger partial charge in [0.15, 0.2) is 0 Å². The highest BCUT2D eigenvalue weighted by atomic mass is 35.5. The Kier molecular flexibility index (Phi) is 7.07. The van der Waals surface area contributed by atoms with Gasteiger partial charge in [-0.2, -0.15) is 0 Å². The number of carbonyl (C=O) groups excluding carboxylic acids is 2. The summed E-state index contributed by atoms with van der Waals surface area (Å²) in [6.45, 7) is 5.55. The number of likely N-dealkylation sites (tertiary alicyclic amines) is 1. The Morgan fingerprint density at radius 1 is 1.21 bits per heavy atom. The molecular weight excluding hydrogens is 407 g/mol. The molecule has 156 valence electrons. The van der Waals surface area contributed by atoms with Gasteiger partial charge in [0.25, 0.3) is 5.91 Å². The molecule has 2 atom stereocenters. The van der Waals surface area contributed by atoms with Crippen LogP contribution in [0.2, 0.25) is 10.0 Å². The molecule has 2 rings (SSSR count). The van der Waals surface area contributed by atoms with Crippen molar-refractivity contribution in [1.82, 2.24) is 9.96 Å². The summed E-state index contributed by atoms with van der Waals surface area (Å²) in [5.41, 5.74) is -0.0259. The predicted molar refractivity (Wildman–Crippen MR) is 107 cm³/mol. The lowest BCUT2D eigenvalue weighted by Crippen LogP contribution is -2.47. The lowest BCUT2D eigenvalue weighted by Gasteiger charge is -2.29. The molecule has 0 aromatic heterocycles. The van der Waals surface area contributed by atoms with Crippen LogP contribution in [0, 0.1) is 0 Å². The van der Waals surface area contributed by atoms with Crippen molar-refractivity contribution in [2.45, 2.75) is 44.8 Å². The van der Waals surface area contributed by atoms with Crippen LogP contribution in [-0.2, 0) is 14.4 Å². The maximum atomic E-state index is 12.8. The average Bonchev–Trinajstić information content (AvgIpc) is 3.06. The molecule has 1 saturated heterocycles. The molecule has 2 amide bonds. The normalized spacial score (nSPS) is 19.5. The summed E-state index contributed by atoms with van der Waals surface area (Å²) in [5, 5.41) is 1.83. The van der Waals surface area contributed by atoms with Crippen molar-refractivity contribution in [1.29, 1.82) is 0 Å². The standard InChI is InChI=1S/C19H26Cl2N2O5/c1-19(2,3)28-18(25)23-10-11(9-13(23)17(24)22(4)27-6)15-14(26-5)8-7-12(20)16(15)21/h7-8,11,13H,9-10H2,1-6H3/t11-,13-/m0/s1. The Bertz CT molecular complexity index is 751. The second-order valence-electron chi connectivity index (χ2n) is 7.58. The monoisotopic (exact) mass is 432 g/mol. The van der Waals surface area contributed by atoms with Crippen LogP contribution in [0.15, 0.2) is 12.1 Å². The number of methoxy groups -OCH3 is 1. The lowest BCUT2D eigenvalue weighted by molar-refractivity contribution is -0.173. The van der Waals surface area contributed by atoms with E-state index in [0.717, 1.165) is 5.06 Å². The molecule has 0 N–H and O–H groups in total. The van der Waals surface area contributed by atoms with Gasteiger partial charge in [-0.1, -0.05) is 23.2 Å². The van der Waals surface area contributed by atoms with Crippen LogP contribution >= 0.6 is 23.2 Å². The minimum atomic E-state index is -0.760. The number of hydrogen-bond acceptors (Lipinski definition) is 5. The number of rotatable bonds is 4. The molecule has 1 aliphatic heterocycles. The highest BCUT2D eigenvalue weighted by Crippen LogP contribution is 2.43. The quantitative estimate of drug-likeness (QED) is 0.669. The lowest BCUT2D eigenvalue weighted by atomic mass is 9.95. The van der Waals surface area contributed by atoms with Gasteiger partial charge in [0, 0.05) is 25.1 Å². The van der Waals surface area contributed by atoms with E-state index in [1.807, 2.05) is 0 Å². The Hall–Kier alpha value is -1.70. The van der Waals surface area contributed by atoms with E-state index in [9.17, 15) is 9.59 Å². The molecule has 1 aromatic carbocycles. The Morgan fingerprint density at radius 2 is 1.86 bits per heavy atom. The van der Waals surface area contributed by atoms with Crippen LogP contribution < -0.4 is 4.74 Å². The van der Waals surface area contributed by atoms with Crippen molar-refractivity contribution < 1.29 is 23.9 Å². The van der Waals surface area contributed by atoms with Crippen LogP contribution in [0.4, 0.5) is 4.79 Å². The molecule has 1 aliphatic rings. The van der Waals surface area contributed by atoms with E-state index in [4.69, 9.17) is 37.5 Å². The summed E-state index contributed by atoms with van der Waals surface area (Å²) in [6.07, 6.45) is -0.239. The molecule has 1 heterocycles. The van der Waals surface area contributed by atoms with E-state index in [-0.39, 0.29) is 18.4 Å². The van der Waals surface area contributed by atoms with Gasteiger partial charge in [0.2, 0.25) is 0 Å². The average molecular weight is 433 g/mol. The molecule has 0 unspecified atom stereocenters. The fourth-order valence-electron chi connectivity index (χ4n) is 3.21. The number of halogens is 2. The van der Waals surface area contributed by atoms with Crippen molar-refractivity contribution in [2.75, 3.05) is 27.8 Å². The van der Waals surface area contributed by atoms with Gasteiger partial charge < -0.3 is 9.47 Å². The predicted octanol–water partition coefficient (Wildman–Crippen LogP) is 4.11. The second-order valence-corrected chi connectivity index (χ2v) is 8.36. The Labute approximate surface area is 175 Å². The van der Waals surface area contributed by atoms with Crippen molar-refractivity contribution in [3.63, 3.8) is 0 Å². The number of hydrogen-bond donors (Lipinski definition) is 0. The molecule has 28 heavy (non-hydrogen) atoms. The SMILES string of the molecule is COc1ccc(Cl)c(Cl)c1[C@H]1C[C@@H](C(=O)N(C)OC)N(C(=O)OC(C)(C)C)C1. The van der Waals surface area contributed by atoms with Gasteiger partial charge in [-0.25, -0.2) is 9.86 Å². The first kappa shape index (κ1) is 22.6. The van der Waals surface area contributed by atoms with Crippen molar-refractivity contribution in [3.8, 4) is 5.75 Å². The van der Waals surface area contributed by atoms with Crippen LogP contribution in [0.3, 0.4) is 0 Å². The van der Waals surface area contributed by atoms with E-state index in [1.54, 1.807) is 32.9 Å². The molecule has 1 fully saturated rings. The molecule has 9 heteroatoms. The second kappa shape index (κ2) is 8.76. The largest absolute Gasteiger partial charge is 0.496 e. The minimum Gasteiger partial charge on any atom is -0.496 e. The summed E-state index contributed by atoms with van der Waals surface area (Å²) in [5.74, 6) is -0.0578. The first-order valence-corrected chi connectivity index (χ1v) is 9.59. The highest BCUT2D eigenvalue weighted by Gasteiger charge is 2.44. The summed E-state index contributed by atoms with van der Waals surface area (Å²) >= 11 is 12.6. The fourth-order valence-corrected chi connectivity index (χ4v) is 3.68. The van der Waals surface area contributed by atoms with Gasteiger partial charge in [-0.3, -0.25) is 14.5 Å². The number of nitrogens with zero attached hydrogens (tertiary/aromatic N) is 2. The minimum absolute atomic E-state index is 0.235. The zero-order valence-corrected chi connectivity index (χ0v) is 18.4. The number of carbonyl (C=O) groups is 2. The van der Waals surface area contributed by atoms with Crippen LogP contribution in [-0.4, -0.2) is 61.4 Å². The molecule has 7 nitrogen and oxygen atoms in total. The summed E-state index contributed by atoms with van der Waals surface area (Å²) in [4.78, 5) is 32.0. The third kappa shape index (κ3) is 4.82. The maximum absolute atomic E-state index is 12.8. The first-order valence-electron chi connectivity index (χ1n) is 8.83. The zero-order valence-electron chi connectivity index (χ0n) is 16.9. The van der Waals surface area contributed by atoms with E-state index in [2.05, 4.69) is 0 Å². The number of benzene rings is 1. The molecule has 0 aliphatic carbocycles. The number of amides is 2. The van der Waals surface area contributed by atoms with Gasteiger partial charge in [-0.05, 0) is 39.3 Å². The number of hydroxylamine groups is 2. The summed E-state index contributed by atoms with van der Waals surface area (Å²) < 4.78 is 10.9. The topological polar surface area (TPSA) is 68.3 Å². The molecule has 0 spiro atoms. The smallest absolute Gasteiger partial charge is 0.410 e. The Balaban J connectivity index is 2.42. The number of ether oxygens (including phenoxy) is 2. The third-order valence-corrected chi connectivity index (χ3v) is 5.34. The van der Waals surface area contributed by atoms with Crippen molar-refractivity contribution >= 4 is 35.2 Å². The molecule has 0 bridgehead atoms. The molecule has 0 radical (unpaired) electrons. The number of likely N-dealkylation sites (N-methyl/N-ethyl adjacent to an activating group) is 1. The first-order chi connectivity index (χ1) is 13.0. The summed E-state index contributed by atoms with van der Waals surface area (Å²) in [7, 11) is 4.42. The van der Waals surface area contributed by atoms with Crippen molar-refractivity contribution in [3.05, 3.63) is 27.7 Å². The van der Waals surface area contributed by atoms with E-state index < -0.39 is 17.7 Å². The summed E-state index contributed by atoms with van der Waals surface area (Å²) in [6, 6.07) is 2.61. The Morgan fingerprint density at radius 3 is 2.39 bits per heavy atom. The van der Waals surface area contributed by atoms with Crippen molar-refractivity contribution in [2.24, 2.45) is 0 Å². The fraction of sp³-hybridized carbons (Fsp3) is 0.579. The van der Waals surface area contributed by atoms with Crippen LogP contribution in [0.25, 0.3) is 0 Å².